The number of carbonyl (C=O) groups is 1. The quantitative estimate of drug-likeness (QED) is 0.362. The Bertz CT molecular complexity index is 1250. The van der Waals surface area contributed by atoms with E-state index in [1.807, 2.05) is 6.92 Å². The summed E-state index contributed by atoms with van der Waals surface area (Å²) in [4.78, 5) is 12.1. The number of amides is 1. The van der Waals surface area contributed by atoms with Gasteiger partial charge in [-0.15, -0.1) is 0 Å². The van der Waals surface area contributed by atoms with E-state index in [9.17, 15) is 13.2 Å². The molecule has 33 heavy (non-hydrogen) atoms. The Kier molecular flexibility index (Phi) is 8.31. The van der Waals surface area contributed by atoms with Gasteiger partial charge in [0.25, 0.3) is 15.9 Å². The van der Waals surface area contributed by atoms with Gasteiger partial charge in [0.1, 0.15) is 11.5 Å². The molecule has 0 spiro atoms. The lowest BCUT2D eigenvalue weighted by molar-refractivity contribution is -0.118. The number of sulfonamides is 1. The first-order valence-electron chi connectivity index (χ1n) is 9.61. The van der Waals surface area contributed by atoms with E-state index in [0.29, 0.717) is 33.8 Å². The van der Waals surface area contributed by atoms with Gasteiger partial charge in [-0.3, -0.25) is 9.52 Å². The monoisotopic (exact) mass is 528 g/mol. The van der Waals surface area contributed by atoms with Crippen LogP contribution in [-0.4, -0.2) is 27.5 Å². The van der Waals surface area contributed by atoms with Crippen LogP contribution in [0.15, 0.2) is 65.6 Å². The van der Waals surface area contributed by atoms with Gasteiger partial charge in [0.2, 0.25) is 0 Å². The van der Waals surface area contributed by atoms with Crippen LogP contribution in [0.5, 0.6) is 11.5 Å². The molecule has 0 fully saturated rings. The lowest BCUT2D eigenvalue weighted by atomic mass is 10.3. The Morgan fingerprint density at radius 2 is 1.64 bits per heavy atom. The third-order valence-corrected chi connectivity index (χ3v) is 6.43. The highest BCUT2D eigenvalue weighted by Crippen LogP contribution is 2.29. The molecule has 0 aliphatic heterocycles. The van der Waals surface area contributed by atoms with E-state index in [0.717, 1.165) is 0 Å². The molecule has 1 amide bonds. The summed E-state index contributed by atoms with van der Waals surface area (Å²) in [7, 11) is -3.90. The molecule has 0 saturated heterocycles. The van der Waals surface area contributed by atoms with Gasteiger partial charge in [-0.05, 0) is 67.6 Å². The van der Waals surface area contributed by atoms with E-state index in [2.05, 4.69) is 10.0 Å². The molecule has 7 nitrogen and oxygen atoms in total. The number of anilines is 2. The predicted octanol–water partition coefficient (Wildman–Crippen LogP) is 5.86. The first kappa shape index (κ1) is 25.0. The average Bonchev–Trinajstić information content (AvgIpc) is 2.77. The summed E-state index contributed by atoms with van der Waals surface area (Å²) in [5.74, 6) is 0.278. The number of hydrogen-bond acceptors (Lipinski definition) is 5. The largest absolute Gasteiger partial charge is 0.494 e. The van der Waals surface area contributed by atoms with E-state index in [1.54, 1.807) is 36.4 Å². The maximum Gasteiger partial charge on any atom is 0.262 e. The summed E-state index contributed by atoms with van der Waals surface area (Å²) in [6, 6.07) is 15.1. The van der Waals surface area contributed by atoms with Crippen molar-refractivity contribution in [3.8, 4) is 11.5 Å². The highest BCUT2D eigenvalue weighted by Gasteiger charge is 2.17. The Balaban J connectivity index is 1.63. The minimum atomic E-state index is -3.90. The zero-order valence-electron chi connectivity index (χ0n) is 17.3. The van der Waals surface area contributed by atoms with Crippen LogP contribution in [0.4, 0.5) is 11.4 Å². The molecular weight excluding hydrogens is 511 g/mol. The second-order valence-corrected chi connectivity index (χ2v) is 9.55. The molecule has 0 aliphatic carbocycles. The van der Waals surface area contributed by atoms with Crippen LogP contribution in [0.3, 0.4) is 0 Å². The predicted molar refractivity (Wildman–Crippen MR) is 130 cm³/mol. The van der Waals surface area contributed by atoms with Crippen LogP contribution in [0.25, 0.3) is 0 Å². The highest BCUT2D eigenvalue weighted by molar-refractivity contribution is 7.92. The second kappa shape index (κ2) is 11.0. The Morgan fingerprint density at radius 1 is 0.909 bits per heavy atom. The normalized spacial score (nSPS) is 11.0. The van der Waals surface area contributed by atoms with Crippen LogP contribution < -0.4 is 19.5 Å². The third kappa shape index (κ3) is 6.91. The van der Waals surface area contributed by atoms with Gasteiger partial charge in [-0.25, -0.2) is 8.42 Å². The first-order valence-corrected chi connectivity index (χ1v) is 12.2. The van der Waals surface area contributed by atoms with Gasteiger partial charge in [0, 0.05) is 10.7 Å². The molecule has 0 aromatic heterocycles. The lowest BCUT2D eigenvalue weighted by Crippen LogP contribution is -2.20. The van der Waals surface area contributed by atoms with Crippen molar-refractivity contribution < 1.29 is 22.7 Å². The summed E-state index contributed by atoms with van der Waals surface area (Å²) in [5.41, 5.74) is 0.705. The summed E-state index contributed by atoms with van der Waals surface area (Å²) in [5, 5.41) is 3.33. The zero-order valence-corrected chi connectivity index (χ0v) is 20.4. The maximum absolute atomic E-state index is 12.7. The number of carbonyl (C=O) groups excluding carboxylic acids is 1. The van der Waals surface area contributed by atoms with Crippen molar-refractivity contribution in [2.24, 2.45) is 0 Å². The SMILES string of the molecule is CCOc1ccc(NS(=O)(=O)c2ccc(OCC(=O)Nc3cc(Cl)ccc3Cl)c(Cl)c2)cc1. The van der Waals surface area contributed by atoms with Crippen LogP contribution in [0.1, 0.15) is 6.92 Å². The molecule has 3 rings (SSSR count). The first-order chi connectivity index (χ1) is 15.7. The van der Waals surface area contributed by atoms with Gasteiger partial charge in [0.15, 0.2) is 6.61 Å². The van der Waals surface area contributed by atoms with Gasteiger partial charge >= 0.3 is 0 Å². The number of benzene rings is 3. The molecule has 11 heteroatoms. The third-order valence-electron chi connectivity index (χ3n) is 4.19. The molecule has 0 atom stereocenters. The van der Waals surface area contributed by atoms with Gasteiger partial charge < -0.3 is 14.8 Å². The number of rotatable bonds is 9. The average molecular weight is 530 g/mol. The van der Waals surface area contributed by atoms with E-state index < -0.39 is 15.9 Å². The molecule has 0 unspecified atom stereocenters. The van der Waals surface area contributed by atoms with E-state index in [4.69, 9.17) is 44.3 Å². The van der Waals surface area contributed by atoms with Crippen molar-refractivity contribution >= 4 is 62.1 Å². The molecule has 0 heterocycles. The summed E-state index contributed by atoms with van der Waals surface area (Å²) in [6.45, 7) is 1.99. The Morgan fingerprint density at radius 3 is 2.30 bits per heavy atom. The standard InChI is InChI=1S/C22H19Cl3N2O5S/c1-2-31-16-6-4-15(5-7-16)27-33(29,30)17-8-10-21(19(25)12-17)32-13-22(28)26-20-11-14(23)3-9-18(20)24/h3-12,27H,2,13H2,1H3,(H,26,28). The summed E-state index contributed by atoms with van der Waals surface area (Å²) >= 11 is 18.1. The van der Waals surface area contributed by atoms with E-state index in [-0.39, 0.29) is 22.3 Å². The Hall–Kier alpha value is -2.65. The summed E-state index contributed by atoms with van der Waals surface area (Å²) < 4.78 is 38.6. The minimum Gasteiger partial charge on any atom is -0.494 e. The smallest absolute Gasteiger partial charge is 0.262 e. The van der Waals surface area contributed by atoms with Gasteiger partial charge in [-0.2, -0.15) is 0 Å². The molecule has 174 valence electrons. The molecule has 0 saturated carbocycles. The lowest BCUT2D eigenvalue weighted by Gasteiger charge is -2.12. The molecular formula is C22H19Cl3N2O5S. The minimum absolute atomic E-state index is 0.0261. The molecule has 3 aromatic rings. The molecule has 0 bridgehead atoms. The molecule has 0 radical (unpaired) electrons. The molecule has 3 aromatic carbocycles. The maximum atomic E-state index is 12.7. The number of halogens is 3. The molecule has 2 N–H and O–H groups in total. The van der Waals surface area contributed by atoms with Crippen molar-refractivity contribution in [3.63, 3.8) is 0 Å². The van der Waals surface area contributed by atoms with Gasteiger partial charge in [0.05, 0.1) is 27.2 Å². The van der Waals surface area contributed by atoms with Crippen molar-refractivity contribution in [1.82, 2.24) is 0 Å². The fraction of sp³-hybridized carbons (Fsp3) is 0.136. The van der Waals surface area contributed by atoms with Crippen molar-refractivity contribution in [1.29, 1.82) is 0 Å². The Labute approximate surface area is 206 Å². The van der Waals surface area contributed by atoms with Crippen LogP contribution in [0.2, 0.25) is 15.1 Å². The summed E-state index contributed by atoms with van der Waals surface area (Å²) in [6.07, 6.45) is 0. The second-order valence-electron chi connectivity index (χ2n) is 6.62. The van der Waals surface area contributed by atoms with Crippen molar-refractivity contribution in [3.05, 3.63) is 75.7 Å². The van der Waals surface area contributed by atoms with Crippen LogP contribution in [0, 0.1) is 0 Å². The fourth-order valence-electron chi connectivity index (χ4n) is 2.69. The topological polar surface area (TPSA) is 93.7 Å². The van der Waals surface area contributed by atoms with Crippen LogP contribution >= 0.6 is 34.8 Å². The number of ether oxygens (including phenoxy) is 2. The molecule has 0 aliphatic rings. The van der Waals surface area contributed by atoms with Crippen molar-refractivity contribution in [2.75, 3.05) is 23.3 Å². The van der Waals surface area contributed by atoms with Gasteiger partial charge in [-0.1, -0.05) is 34.8 Å². The van der Waals surface area contributed by atoms with Crippen molar-refractivity contribution in [2.45, 2.75) is 11.8 Å². The number of hydrogen-bond donors (Lipinski definition) is 2. The highest BCUT2D eigenvalue weighted by atomic mass is 35.5. The zero-order chi connectivity index (χ0) is 24.0. The number of nitrogens with one attached hydrogen (secondary N) is 2. The fourth-order valence-corrected chi connectivity index (χ4v) is 4.41. The van der Waals surface area contributed by atoms with Crippen LogP contribution in [-0.2, 0) is 14.8 Å². The van der Waals surface area contributed by atoms with E-state index >= 15 is 0 Å². The van der Waals surface area contributed by atoms with E-state index in [1.165, 1.54) is 24.3 Å².